The van der Waals surface area contributed by atoms with Gasteiger partial charge in [0.15, 0.2) is 30.6 Å². The molecule has 1 unspecified atom stereocenters. The van der Waals surface area contributed by atoms with Crippen LogP contribution in [0.3, 0.4) is 0 Å². The average Bonchev–Trinajstić information content (AvgIpc) is 3.48. The van der Waals surface area contributed by atoms with Crippen LogP contribution in [0.5, 0.6) is 0 Å². The van der Waals surface area contributed by atoms with Crippen molar-refractivity contribution in [2.45, 2.75) is 102 Å². The molecule has 0 aromatic heterocycles. The summed E-state index contributed by atoms with van der Waals surface area (Å²) in [7, 11) is 0. The molecule has 0 radical (unpaired) electrons. The number of esters is 3. The van der Waals surface area contributed by atoms with Gasteiger partial charge in [0, 0.05) is 31.7 Å². The second kappa shape index (κ2) is 15.2. The van der Waals surface area contributed by atoms with Crippen LogP contribution in [-0.2, 0) is 52.3 Å². The van der Waals surface area contributed by atoms with E-state index in [1.807, 2.05) is 0 Å². The fraction of sp³-hybridized carbons (Fsp3) is 0.667. The number of nitrogens with one attached hydrogen (secondary N) is 1. The molecule has 3 fully saturated rings. The molecule has 0 amide bonds. The van der Waals surface area contributed by atoms with Crippen LogP contribution in [0.15, 0.2) is 23.3 Å². The van der Waals surface area contributed by atoms with Gasteiger partial charge in [-0.15, -0.1) is 0 Å². The minimum atomic E-state index is -1.63. The van der Waals surface area contributed by atoms with E-state index >= 15 is 0 Å². The molecular weight excluding hydrogens is 664 g/mol. The standard InChI is InChI=1S/C27H34N6O16/c1-11(34)42-10-18-22(44-12(2)35)23(45-13(3)36)20(29-15-7-6-14(32(38)39)8-16(15)33(40)41)25(46-18)43-9-17(37)21-19(30-31-28)24-26(47-21)49-27(4,5)48-24/h6-8,17-26,29,37H,9-10H2,1-5H3/t17?,18-,19+,20-,21-,22-,23-,24-,25-,26-/m1/s1. The van der Waals surface area contributed by atoms with E-state index in [1.165, 1.54) is 0 Å². The Kier molecular flexibility index (Phi) is 11.5. The molecule has 22 nitrogen and oxygen atoms in total. The first kappa shape index (κ1) is 37.1. The molecule has 3 aliphatic heterocycles. The fourth-order valence-corrected chi connectivity index (χ4v) is 5.60. The summed E-state index contributed by atoms with van der Waals surface area (Å²) in [6.45, 7) is 5.23. The van der Waals surface area contributed by atoms with Crippen LogP contribution in [-0.4, -0.2) is 113 Å². The second-order valence-corrected chi connectivity index (χ2v) is 11.5. The summed E-state index contributed by atoms with van der Waals surface area (Å²) in [4.78, 5) is 60.5. The molecule has 49 heavy (non-hydrogen) atoms. The highest BCUT2D eigenvalue weighted by molar-refractivity contribution is 5.69. The number of anilines is 1. The second-order valence-electron chi connectivity index (χ2n) is 11.5. The number of hydrogen-bond donors (Lipinski definition) is 2. The lowest BCUT2D eigenvalue weighted by atomic mass is 9.95. The quantitative estimate of drug-likeness (QED) is 0.0559. The lowest BCUT2D eigenvalue weighted by Crippen LogP contribution is -2.64. The normalized spacial score (nSPS) is 30.6. The number of rotatable bonds is 13. The van der Waals surface area contributed by atoms with Gasteiger partial charge in [-0.25, -0.2) is 0 Å². The van der Waals surface area contributed by atoms with E-state index in [1.54, 1.807) is 13.8 Å². The van der Waals surface area contributed by atoms with Crippen LogP contribution in [0.1, 0.15) is 34.6 Å². The van der Waals surface area contributed by atoms with Gasteiger partial charge < -0.3 is 48.3 Å². The Bertz CT molecular complexity index is 1500. The molecule has 268 valence electrons. The first-order chi connectivity index (χ1) is 23.0. The minimum Gasteiger partial charge on any atom is -0.463 e. The van der Waals surface area contributed by atoms with Crippen molar-refractivity contribution in [2.24, 2.45) is 5.11 Å². The summed E-state index contributed by atoms with van der Waals surface area (Å²) >= 11 is 0. The van der Waals surface area contributed by atoms with Crippen molar-refractivity contribution in [3.05, 3.63) is 48.9 Å². The maximum absolute atomic E-state index is 12.3. The van der Waals surface area contributed by atoms with Crippen LogP contribution in [0, 0.1) is 20.2 Å². The molecule has 0 saturated carbocycles. The van der Waals surface area contributed by atoms with Gasteiger partial charge in [-0.1, -0.05) is 5.11 Å². The number of nitro benzene ring substituents is 2. The van der Waals surface area contributed by atoms with Crippen molar-refractivity contribution in [1.82, 2.24) is 0 Å². The Morgan fingerprint density at radius 1 is 1.06 bits per heavy atom. The third-order valence-corrected chi connectivity index (χ3v) is 7.46. The molecule has 1 aromatic carbocycles. The lowest BCUT2D eigenvalue weighted by Gasteiger charge is -2.45. The number of non-ortho nitro benzene ring substituents is 1. The minimum absolute atomic E-state index is 0.317. The van der Waals surface area contributed by atoms with Crippen LogP contribution >= 0.6 is 0 Å². The Labute approximate surface area is 276 Å². The number of carbonyl (C=O) groups is 3. The predicted octanol–water partition coefficient (Wildman–Crippen LogP) is 1.37. The molecule has 0 spiro atoms. The third-order valence-electron chi connectivity index (χ3n) is 7.46. The molecular formula is C27H34N6O16. The SMILES string of the molecule is CC(=O)OC[C@H]1O[C@@H](OCC(O)[C@H]2O[C@@H]3OC(C)(C)O[C@@H]3[C@H]2N=[N+]=[N-])[C@H](Nc2ccc([N+](=O)[O-])cc2[N+](=O)[O-])[C@@H](OC(C)=O)[C@@H]1OC(C)=O. The fourth-order valence-electron chi connectivity index (χ4n) is 5.60. The monoisotopic (exact) mass is 698 g/mol. The van der Waals surface area contributed by atoms with Crippen LogP contribution in [0.4, 0.5) is 17.1 Å². The number of nitro groups is 2. The summed E-state index contributed by atoms with van der Waals surface area (Å²) in [5.74, 6) is -3.58. The molecule has 2 N–H and O–H groups in total. The van der Waals surface area contributed by atoms with Crippen molar-refractivity contribution in [1.29, 1.82) is 0 Å². The zero-order valence-corrected chi connectivity index (χ0v) is 26.7. The number of hydrogen-bond acceptors (Lipinski definition) is 18. The zero-order chi connectivity index (χ0) is 36.2. The van der Waals surface area contributed by atoms with Gasteiger partial charge in [0.2, 0.25) is 0 Å². The number of azide groups is 1. The van der Waals surface area contributed by atoms with Crippen LogP contribution in [0.25, 0.3) is 10.4 Å². The predicted molar refractivity (Wildman–Crippen MR) is 157 cm³/mol. The van der Waals surface area contributed by atoms with E-state index in [4.69, 9.17) is 43.4 Å². The topological polar surface area (TPSA) is 292 Å². The van der Waals surface area contributed by atoms with Gasteiger partial charge >= 0.3 is 17.9 Å². The van der Waals surface area contributed by atoms with Crippen LogP contribution < -0.4 is 5.32 Å². The highest BCUT2D eigenvalue weighted by Gasteiger charge is 2.57. The van der Waals surface area contributed by atoms with Gasteiger partial charge in [-0.05, 0) is 25.4 Å². The van der Waals surface area contributed by atoms with Gasteiger partial charge in [0.1, 0.15) is 42.8 Å². The molecule has 0 aliphatic carbocycles. The molecule has 1 aromatic rings. The summed E-state index contributed by atoms with van der Waals surface area (Å²) in [6, 6.07) is 0.129. The number of benzene rings is 1. The van der Waals surface area contributed by atoms with Gasteiger partial charge in [0.25, 0.3) is 11.4 Å². The molecule has 10 atom stereocenters. The third kappa shape index (κ3) is 8.86. The lowest BCUT2D eigenvalue weighted by molar-refractivity contribution is -0.393. The maximum atomic E-state index is 12.3. The molecule has 3 saturated heterocycles. The number of nitrogens with zero attached hydrogens (tertiary/aromatic N) is 5. The average molecular weight is 699 g/mol. The number of aliphatic hydroxyl groups excluding tert-OH is 1. The number of fused-ring (bicyclic) bond motifs is 1. The van der Waals surface area contributed by atoms with Crippen LogP contribution in [0.2, 0.25) is 0 Å². The summed E-state index contributed by atoms with van der Waals surface area (Å²) in [6.07, 6.45) is -10.7. The van der Waals surface area contributed by atoms with Gasteiger partial charge in [-0.3, -0.25) is 34.6 Å². The molecule has 3 heterocycles. The smallest absolute Gasteiger partial charge is 0.303 e. The largest absolute Gasteiger partial charge is 0.463 e. The van der Waals surface area contributed by atoms with E-state index in [-0.39, 0.29) is 5.69 Å². The Balaban J connectivity index is 1.70. The molecule has 4 rings (SSSR count). The number of carbonyl (C=O) groups excluding carboxylic acids is 3. The van der Waals surface area contributed by atoms with E-state index < -0.39 is 119 Å². The van der Waals surface area contributed by atoms with Crippen molar-refractivity contribution >= 4 is 35.0 Å². The van der Waals surface area contributed by atoms with Gasteiger partial charge in [0.05, 0.1) is 28.6 Å². The first-order valence-corrected chi connectivity index (χ1v) is 14.7. The summed E-state index contributed by atoms with van der Waals surface area (Å²) in [5, 5.41) is 40.9. The Morgan fingerprint density at radius 2 is 1.73 bits per heavy atom. The maximum Gasteiger partial charge on any atom is 0.303 e. The van der Waals surface area contributed by atoms with E-state index in [9.17, 15) is 39.7 Å². The Hall–Kier alpha value is -4.70. The number of aliphatic hydroxyl groups is 1. The molecule has 0 bridgehead atoms. The highest BCUT2D eigenvalue weighted by Crippen LogP contribution is 2.40. The van der Waals surface area contributed by atoms with Crippen molar-refractivity contribution in [3.8, 4) is 0 Å². The van der Waals surface area contributed by atoms with E-state index in [2.05, 4.69) is 15.3 Å². The van der Waals surface area contributed by atoms with Crippen molar-refractivity contribution < 1.29 is 67.2 Å². The first-order valence-electron chi connectivity index (χ1n) is 14.7. The Morgan fingerprint density at radius 3 is 2.33 bits per heavy atom. The van der Waals surface area contributed by atoms with Crippen molar-refractivity contribution in [2.75, 3.05) is 18.5 Å². The number of ether oxygens (including phenoxy) is 8. The van der Waals surface area contributed by atoms with E-state index in [0.717, 1.165) is 32.9 Å². The highest BCUT2D eigenvalue weighted by atomic mass is 16.8. The van der Waals surface area contributed by atoms with E-state index in [0.29, 0.717) is 6.07 Å². The van der Waals surface area contributed by atoms with Gasteiger partial charge in [-0.2, -0.15) is 0 Å². The van der Waals surface area contributed by atoms with Crippen molar-refractivity contribution in [3.63, 3.8) is 0 Å². The zero-order valence-electron chi connectivity index (χ0n) is 26.7. The summed E-state index contributed by atoms with van der Waals surface area (Å²) < 4.78 is 45.2. The summed E-state index contributed by atoms with van der Waals surface area (Å²) in [5.41, 5.74) is 7.49. The molecule has 3 aliphatic rings. The molecule has 22 heteroatoms.